The normalized spacial score (nSPS) is 22.7. The van der Waals surface area contributed by atoms with Crippen LogP contribution in [0.5, 0.6) is 0 Å². The first-order valence-electron chi connectivity index (χ1n) is 3.97. The molecule has 1 aromatic heterocycles. The maximum atomic E-state index is 11.2. The Morgan fingerprint density at radius 1 is 1.77 bits per heavy atom. The zero-order chi connectivity index (χ0) is 9.26. The number of nitrogens with zero attached hydrogens (tertiary/aromatic N) is 3. The van der Waals surface area contributed by atoms with E-state index in [-0.39, 0.29) is 12.3 Å². The minimum atomic E-state index is -0.515. The summed E-state index contributed by atoms with van der Waals surface area (Å²) in [7, 11) is 0. The lowest BCUT2D eigenvalue weighted by molar-refractivity contribution is -0.128. The van der Waals surface area contributed by atoms with E-state index in [1.165, 1.54) is 11.5 Å². The lowest BCUT2D eigenvalue weighted by Crippen LogP contribution is -2.25. The van der Waals surface area contributed by atoms with E-state index in [2.05, 4.69) is 9.59 Å². The maximum Gasteiger partial charge on any atom is 0.225 e. The second-order valence-corrected chi connectivity index (χ2v) is 3.64. The fraction of sp³-hybridized carbons (Fsp3) is 0.571. The van der Waals surface area contributed by atoms with Crippen LogP contribution in [0.25, 0.3) is 0 Å². The lowest BCUT2D eigenvalue weighted by atomic mass is 10.3. The van der Waals surface area contributed by atoms with Gasteiger partial charge in [0, 0.05) is 11.9 Å². The second-order valence-electron chi connectivity index (χ2n) is 3.03. The number of carbonyl (C=O) groups excluding carboxylic acids is 1. The highest BCUT2D eigenvalue weighted by molar-refractivity contribution is 7.03. The van der Waals surface area contributed by atoms with E-state index in [0.29, 0.717) is 13.1 Å². The Labute approximate surface area is 79.2 Å². The van der Waals surface area contributed by atoms with E-state index >= 15 is 0 Å². The summed E-state index contributed by atoms with van der Waals surface area (Å²) in [5.74, 6) is -0.0134. The number of aromatic nitrogens is 2. The molecule has 1 atom stereocenters. The first-order chi connectivity index (χ1) is 6.25. The molecule has 1 amide bonds. The molecule has 0 spiro atoms. The number of aliphatic hydroxyl groups is 1. The van der Waals surface area contributed by atoms with Crippen LogP contribution >= 0.6 is 11.5 Å². The largest absolute Gasteiger partial charge is 0.391 e. The van der Waals surface area contributed by atoms with Gasteiger partial charge in [0.2, 0.25) is 5.91 Å². The van der Waals surface area contributed by atoms with Gasteiger partial charge in [-0.2, -0.15) is 0 Å². The van der Waals surface area contributed by atoms with Crippen molar-refractivity contribution in [2.24, 2.45) is 0 Å². The molecule has 0 aliphatic carbocycles. The predicted octanol–water partition coefficient (Wildman–Crippen LogP) is -0.369. The monoisotopic (exact) mass is 199 g/mol. The van der Waals surface area contributed by atoms with Crippen molar-refractivity contribution in [3.63, 3.8) is 0 Å². The van der Waals surface area contributed by atoms with Crippen molar-refractivity contribution in [3.8, 4) is 0 Å². The van der Waals surface area contributed by atoms with Crippen molar-refractivity contribution in [3.05, 3.63) is 11.1 Å². The van der Waals surface area contributed by atoms with Crippen molar-refractivity contribution < 1.29 is 9.90 Å². The molecule has 5 nitrogen and oxygen atoms in total. The van der Waals surface area contributed by atoms with Crippen LogP contribution in [0.15, 0.2) is 5.38 Å². The van der Waals surface area contributed by atoms with Crippen molar-refractivity contribution >= 4 is 17.4 Å². The highest BCUT2D eigenvalue weighted by Crippen LogP contribution is 2.13. The van der Waals surface area contributed by atoms with Crippen molar-refractivity contribution in [2.45, 2.75) is 19.1 Å². The van der Waals surface area contributed by atoms with Gasteiger partial charge in [-0.15, -0.1) is 5.10 Å². The highest BCUT2D eigenvalue weighted by Gasteiger charge is 2.28. The SMILES string of the molecule is O=C1CC(O)CN1Cc1csnn1. The molecule has 70 valence electrons. The molecule has 1 fully saturated rings. The molecule has 1 aromatic rings. The van der Waals surface area contributed by atoms with Gasteiger partial charge in [-0.1, -0.05) is 4.49 Å². The quantitative estimate of drug-likeness (QED) is 0.705. The second kappa shape index (κ2) is 3.39. The van der Waals surface area contributed by atoms with Gasteiger partial charge in [-0.3, -0.25) is 4.79 Å². The number of likely N-dealkylation sites (tertiary alicyclic amines) is 1. The number of hydrogen-bond donors (Lipinski definition) is 1. The molecule has 2 rings (SSSR count). The molecule has 6 heteroatoms. The summed E-state index contributed by atoms with van der Waals surface area (Å²) in [6, 6.07) is 0. The topological polar surface area (TPSA) is 66.3 Å². The maximum absolute atomic E-state index is 11.2. The van der Waals surface area contributed by atoms with Crippen LogP contribution < -0.4 is 0 Å². The summed E-state index contributed by atoms with van der Waals surface area (Å²) < 4.78 is 3.70. The first kappa shape index (κ1) is 8.58. The van der Waals surface area contributed by atoms with Gasteiger partial charge in [0.1, 0.15) is 0 Å². The molecule has 1 unspecified atom stereocenters. The zero-order valence-electron chi connectivity index (χ0n) is 6.88. The smallest absolute Gasteiger partial charge is 0.225 e. The summed E-state index contributed by atoms with van der Waals surface area (Å²) in [4.78, 5) is 12.8. The van der Waals surface area contributed by atoms with Gasteiger partial charge in [-0.25, -0.2) is 0 Å². The Hall–Kier alpha value is -1.01. The fourth-order valence-electron chi connectivity index (χ4n) is 1.35. The average Bonchev–Trinajstić information content (AvgIpc) is 2.63. The molecule has 1 aliphatic heterocycles. The van der Waals surface area contributed by atoms with E-state index < -0.39 is 6.10 Å². The third kappa shape index (κ3) is 1.84. The van der Waals surface area contributed by atoms with Crippen LogP contribution in [0.1, 0.15) is 12.1 Å². The molecule has 0 radical (unpaired) electrons. The molecule has 1 aliphatic rings. The molecule has 2 heterocycles. The summed E-state index contributed by atoms with van der Waals surface area (Å²) >= 11 is 1.26. The van der Waals surface area contributed by atoms with Crippen molar-refractivity contribution in [1.82, 2.24) is 14.5 Å². The first-order valence-corrected chi connectivity index (χ1v) is 4.81. The molecule has 1 saturated heterocycles. The van der Waals surface area contributed by atoms with Crippen LogP contribution in [0.4, 0.5) is 0 Å². The van der Waals surface area contributed by atoms with Gasteiger partial charge < -0.3 is 10.0 Å². The third-order valence-electron chi connectivity index (χ3n) is 1.95. The lowest BCUT2D eigenvalue weighted by Gasteiger charge is -2.12. The van der Waals surface area contributed by atoms with Crippen LogP contribution in [0, 0.1) is 0 Å². The Bertz CT molecular complexity index is 301. The average molecular weight is 199 g/mol. The predicted molar refractivity (Wildman–Crippen MR) is 45.9 cm³/mol. The van der Waals surface area contributed by atoms with Gasteiger partial charge in [0.25, 0.3) is 0 Å². The summed E-state index contributed by atoms with van der Waals surface area (Å²) in [6.45, 7) is 0.878. The van der Waals surface area contributed by atoms with Gasteiger partial charge >= 0.3 is 0 Å². The molecular formula is C7H9N3O2S. The standard InChI is InChI=1S/C7H9N3O2S/c11-6-1-7(12)10(3-6)2-5-4-13-9-8-5/h4,6,11H,1-3H2. The Balaban J connectivity index is 1.99. The Morgan fingerprint density at radius 2 is 2.62 bits per heavy atom. The number of hydrogen-bond acceptors (Lipinski definition) is 5. The summed E-state index contributed by atoms with van der Waals surface area (Å²) in [5.41, 5.74) is 0.785. The van der Waals surface area contributed by atoms with Crippen LogP contribution in [-0.2, 0) is 11.3 Å². The minimum Gasteiger partial charge on any atom is -0.391 e. The number of rotatable bonds is 2. The van der Waals surface area contributed by atoms with Crippen molar-refractivity contribution in [2.75, 3.05) is 6.54 Å². The molecule has 0 bridgehead atoms. The number of carbonyl (C=O) groups is 1. The van der Waals surface area contributed by atoms with E-state index in [9.17, 15) is 9.90 Å². The zero-order valence-corrected chi connectivity index (χ0v) is 7.70. The minimum absolute atomic E-state index is 0.0134. The van der Waals surface area contributed by atoms with Gasteiger partial charge in [0.15, 0.2) is 0 Å². The van der Waals surface area contributed by atoms with Gasteiger partial charge in [-0.05, 0) is 11.5 Å². The van der Waals surface area contributed by atoms with E-state index in [1.54, 1.807) is 10.3 Å². The fourth-order valence-corrected chi connectivity index (χ4v) is 1.80. The number of β-amino-alcohol motifs (C(OH)–C–C–N with tert-alkyl or cyclic N) is 1. The van der Waals surface area contributed by atoms with Crippen LogP contribution in [0.2, 0.25) is 0 Å². The highest BCUT2D eigenvalue weighted by atomic mass is 32.1. The van der Waals surface area contributed by atoms with Crippen LogP contribution in [0.3, 0.4) is 0 Å². The molecular weight excluding hydrogens is 190 g/mol. The number of aliphatic hydroxyl groups excluding tert-OH is 1. The molecule has 13 heavy (non-hydrogen) atoms. The Morgan fingerprint density at radius 3 is 3.15 bits per heavy atom. The Kier molecular flexibility index (Phi) is 2.24. The van der Waals surface area contributed by atoms with Crippen molar-refractivity contribution in [1.29, 1.82) is 0 Å². The molecule has 0 saturated carbocycles. The third-order valence-corrected chi connectivity index (χ3v) is 2.51. The van der Waals surface area contributed by atoms with Gasteiger partial charge in [0.05, 0.1) is 24.8 Å². The van der Waals surface area contributed by atoms with E-state index in [1.807, 2.05) is 0 Å². The molecule has 0 aromatic carbocycles. The summed E-state index contributed by atoms with van der Waals surface area (Å²) in [5, 5.41) is 14.8. The van der Waals surface area contributed by atoms with Crippen LogP contribution in [-0.4, -0.2) is 38.1 Å². The molecule has 1 N–H and O–H groups in total. The van der Waals surface area contributed by atoms with E-state index in [0.717, 1.165) is 5.69 Å². The van der Waals surface area contributed by atoms with E-state index in [4.69, 9.17) is 0 Å². The number of amides is 1. The summed E-state index contributed by atoms with van der Waals surface area (Å²) in [6.07, 6.45) is -0.281.